The minimum atomic E-state index is 0. The first kappa shape index (κ1) is 11.0. The third-order valence-corrected chi connectivity index (χ3v) is 2.13. The summed E-state index contributed by atoms with van der Waals surface area (Å²) in [5.41, 5.74) is 0. The van der Waals surface area contributed by atoms with Crippen LogP contribution in [0.25, 0.3) is 0 Å². The summed E-state index contributed by atoms with van der Waals surface area (Å²) in [7, 11) is 0. The SMILES string of the molecule is Br.C[CH]([Zn])C1OCCCO1. The zero-order chi connectivity index (χ0) is 6.69. The standard InChI is InChI=1S/C6H11O2.BrH.Zn/c1-2-6-7-4-3-5-8-6;;/h2,6H,3-5H2,1H3;1H;. The molecule has 0 amide bonds. The van der Waals surface area contributed by atoms with Crippen molar-refractivity contribution in [2.75, 3.05) is 13.2 Å². The molecule has 1 heterocycles. The molecule has 1 aliphatic heterocycles. The predicted octanol–water partition coefficient (Wildman–Crippen LogP) is 1.68. The molecule has 0 radical (unpaired) electrons. The van der Waals surface area contributed by atoms with Gasteiger partial charge in [-0.3, -0.25) is 0 Å². The number of hydrogen-bond acceptors (Lipinski definition) is 2. The molecule has 1 rings (SSSR count). The quantitative estimate of drug-likeness (QED) is 0.669. The molecule has 10 heavy (non-hydrogen) atoms. The van der Waals surface area contributed by atoms with Crippen molar-refractivity contribution in [2.24, 2.45) is 0 Å². The van der Waals surface area contributed by atoms with Crippen LogP contribution in [-0.4, -0.2) is 19.5 Å². The van der Waals surface area contributed by atoms with Crippen LogP contribution < -0.4 is 0 Å². The van der Waals surface area contributed by atoms with Crippen LogP contribution in [0.15, 0.2) is 0 Å². The zero-order valence-electron chi connectivity index (χ0n) is 6.21. The number of ether oxygens (including phenoxy) is 2. The van der Waals surface area contributed by atoms with Gasteiger partial charge in [0.15, 0.2) is 0 Å². The molecule has 0 aromatic carbocycles. The number of rotatable bonds is 1. The summed E-state index contributed by atoms with van der Waals surface area (Å²) in [5.74, 6) is 0. The molecule has 1 saturated heterocycles. The van der Waals surface area contributed by atoms with Gasteiger partial charge in [0.25, 0.3) is 0 Å². The Kier molecular flexibility index (Phi) is 6.22. The summed E-state index contributed by atoms with van der Waals surface area (Å²) in [6, 6.07) is 0. The Hall–Kier alpha value is 1.02. The van der Waals surface area contributed by atoms with Crippen molar-refractivity contribution in [3.8, 4) is 0 Å². The molecular weight excluding hydrogens is 249 g/mol. The molecule has 0 saturated carbocycles. The van der Waals surface area contributed by atoms with Crippen molar-refractivity contribution in [1.82, 2.24) is 0 Å². The van der Waals surface area contributed by atoms with E-state index in [9.17, 15) is 0 Å². The van der Waals surface area contributed by atoms with Crippen LogP contribution in [0.5, 0.6) is 0 Å². The van der Waals surface area contributed by atoms with Crippen molar-refractivity contribution in [3.05, 3.63) is 0 Å². The van der Waals surface area contributed by atoms with E-state index in [1.165, 1.54) is 18.3 Å². The molecule has 1 fully saturated rings. The average molecular weight is 261 g/mol. The van der Waals surface area contributed by atoms with Crippen LogP contribution in [0.2, 0.25) is 4.51 Å². The van der Waals surface area contributed by atoms with Crippen LogP contribution in [0.1, 0.15) is 13.3 Å². The molecule has 4 heteroatoms. The van der Waals surface area contributed by atoms with Gasteiger partial charge in [-0.25, -0.2) is 0 Å². The normalized spacial score (nSPS) is 23.5. The molecule has 0 spiro atoms. The van der Waals surface area contributed by atoms with Crippen molar-refractivity contribution in [1.29, 1.82) is 0 Å². The van der Waals surface area contributed by atoms with Gasteiger partial charge in [-0.05, 0) is 0 Å². The fraction of sp³-hybridized carbons (Fsp3) is 1.00. The summed E-state index contributed by atoms with van der Waals surface area (Å²) in [6.45, 7) is 3.93. The van der Waals surface area contributed by atoms with Gasteiger partial charge in [0.1, 0.15) is 0 Å². The molecule has 0 bridgehead atoms. The fourth-order valence-electron chi connectivity index (χ4n) is 0.835. The van der Waals surface area contributed by atoms with Gasteiger partial charge in [-0.1, -0.05) is 0 Å². The Labute approximate surface area is 82.1 Å². The first-order valence-corrected chi connectivity index (χ1v) is 5.08. The molecule has 0 aromatic heterocycles. The second-order valence-electron chi connectivity index (χ2n) is 2.44. The molecule has 0 aromatic rings. The van der Waals surface area contributed by atoms with Gasteiger partial charge in [0, 0.05) is 0 Å². The van der Waals surface area contributed by atoms with Gasteiger partial charge in [-0.15, -0.1) is 17.0 Å². The van der Waals surface area contributed by atoms with Crippen LogP contribution in [0, 0.1) is 0 Å². The van der Waals surface area contributed by atoms with Gasteiger partial charge in [0.2, 0.25) is 0 Å². The Bertz CT molecular complexity index is 83.8. The molecule has 57 valence electrons. The van der Waals surface area contributed by atoms with Crippen LogP contribution in [0.4, 0.5) is 0 Å². The topological polar surface area (TPSA) is 18.5 Å². The zero-order valence-corrected chi connectivity index (χ0v) is 10.9. The molecule has 1 unspecified atom stereocenters. The van der Waals surface area contributed by atoms with Crippen molar-refractivity contribution in [3.63, 3.8) is 0 Å². The molecule has 2 nitrogen and oxygen atoms in total. The van der Waals surface area contributed by atoms with E-state index < -0.39 is 0 Å². The van der Waals surface area contributed by atoms with E-state index in [1.807, 2.05) is 0 Å². The number of hydrogen-bond donors (Lipinski definition) is 0. The Morgan fingerprint density at radius 1 is 1.40 bits per heavy atom. The summed E-state index contributed by atoms with van der Waals surface area (Å²) >= 11 is 1.25. The molecule has 1 aliphatic rings. The van der Waals surface area contributed by atoms with Gasteiger partial charge in [0.05, 0.1) is 0 Å². The van der Waals surface area contributed by atoms with E-state index in [1.54, 1.807) is 0 Å². The minimum absolute atomic E-state index is 0. The van der Waals surface area contributed by atoms with Crippen molar-refractivity contribution in [2.45, 2.75) is 24.1 Å². The van der Waals surface area contributed by atoms with Gasteiger partial charge >= 0.3 is 65.1 Å². The Morgan fingerprint density at radius 3 is 2.20 bits per heavy atom. The molecule has 1 atom stereocenters. The first-order valence-electron chi connectivity index (χ1n) is 3.37. The van der Waals surface area contributed by atoms with Gasteiger partial charge in [-0.2, -0.15) is 0 Å². The van der Waals surface area contributed by atoms with Crippen LogP contribution in [-0.2, 0) is 27.8 Å². The first-order chi connectivity index (χ1) is 4.30. The van der Waals surface area contributed by atoms with Crippen LogP contribution >= 0.6 is 17.0 Å². The number of halogens is 1. The van der Waals surface area contributed by atoms with E-state index in [2.05, 4.69) is 6.92 Å². The van der Waals surface area contributed by atoms with E-state index in [0.717, 1.165) is 19.6 Å². The maximum atomic E-state index is 5.35. The molecule has 0 N–H and O–H groups in total. The van der Waals surface area contributed by atoms with Crippen molar-refractivity contribution >= 4 is 17.0 Å². The fourth-order valence-corrected chi connectivity index (χ4v) is 1.41. The van der Waals surface area contributed by atoms with Gasteiger partial charge < -0.3 is 0 Å². The Balaban J connectivity index is 0.000000810. The third-order valence-electron chi connectivity index (χ3n) is 1.32. The second-order valence-corrected chi connectivity index (χ2v) is 5.14. The summed E-state index contributed by atoms with van der Waals surface area (Å²) in [5, 5.41) is 0. The monoisotopic (exact) mass is 259 g/mol. The summed E-state index contributed by atoms with van der Waals surface area (Å²) in [6.07, 6.45) is 1.17. The molecule has 0 aliphatic carbocycles. The summed E-state index contributed by atoms with van der Waals surface area (Å²) < 4.78 is 11.3. The second kappa shape index (κ2) is 5.65. The van der Waals surface area contributed by atoms with E-state index >= 15 is 0 Å². The van der Waals surface area contributed by atoms with Crippen LogP contribution in [0.3, 0.4) is 0 Å². The van der Waals surface area contributed by atoms with E-state index in [-0.39, 0.29) is 23.3 Å². The van der Waals surface area contributed by atoms with E-state index in [0.29, 0.717) is 4.51 Å². The Morgan fingerprint density at radius 2 is 1.90 bits per heavy atom. The molecular formula is C6H12BrO2Zn. The summed E-state index contributed by atoms with van der Waals surface area (Å²) in [4.78, 5) is 0. The maximum absolute atomic E-state index is 5.35. The van der Waals surface area contributed by atoms with E-state index in [4.69, 9.17) is 9.47 Å². The third kappa shape index (κ3) is 3.42. The van der Waals surface area contributed by atoms with Crippen molar-refractivity contribution < 1.29 is 27.8 Å². The average Bonchev–Trinajstić information content (AvgIpc) is 1.90. The predicted molar refractivity (Wildman–Crippen MR) is 40.1 cm³/mol.